The molecule has 1 heterocycles. The van der Waals surface area contributed by atoms with Crippen molar-refractivity contribution in [2.24, 2.45) is 5.92 Å². The molecule has 19 heavy (non-hydrogen) atoms. The Morgan fingerprint density at radius 2 is 2.11 bits per heavy atom. The molecule has 0 saturated heterocycles. The number of rotatable bonds is 1. The number of hydrogen-bond donors (Lipinski definition) is 1. The van der Waals surface area contributed by atoms with Gasteiger partial charge in [-0.25, -0.2) is 4.39 Å². The van der Waals surface area contributed by atoms with Gasteiger partial charge in [0, 0.05) is 13.1 Å². The monoisotopic (exact) mass is 263 g/mol. The van der Waals surface area contributed by atoms with Crippen LogP contribution in [-0.2, 0) is 4.79 Å². The van der Waals surface area contributed by atoms with Crippen molar-refractivity contribution in [3.63, 3.8) is 0 Å². The first-order chi connectivity index (χ1) is 9.11. The molecule has 0 bridgehead atoms. The van der Waals surface area contributed by atoms with Gasteiger partial charge in [-0.15, -0.1) is 0 Å². The molecule has 1 fully saturated rings. The van der Waals surface area contributed by atoms with Crippen LogP contribution >= 0.6 is 0 Å². The molecule has 1 aliphatic carbocycles. The fraction of sp³-hybridized carbons (Fsp3) is 0.533. The molecule has 1 N–H and O–H groups in total. The summed E-state index contributed by atoms with van der Waals surface area (Å²) in [6.45, 7) is 0. The third kappa shape index (κ3) is 1.81. The zero-order chi connectivity index (χ0) is 13.6. The van der Waals surface area contributed by atoms with Gasteiger partial charge in [-0.05, 0) is 30.4 Å². The highest BCUT2D eigenvalue weighted by molar-refractivity contribution is 5.81. The van der Waals surface area contributed by atoms with E-state index >= 15 is 0 Å². The van der Waals surface area contributed by atoms with Gasteiger partial charge < -0.3 is 10.0 Å². The van der Waals surface area contributed by atoms with Crippen molar-refractivity contribution < 1.29 is 14.3 Å². The minimum Gasteiger partial charge on any atom is -0.481 e. The van der Waals surface area contributed by atoms with E-state index in [1.807, 2.05) is 11.9 Å². The lowest BCUT2D eigenvalue weighted by Crippen LogP contribution is -2.48. The summed E-state index contributed by atoms with van der Waals surface area (Å²) in [4.78, 5) is 13.6. The first-order valence-corrected chi connectivity index (χ1v) is 6.85. The average molecular weight is 263 g/mol. The summed E-state index contributed by atoms with van der Waals surface area (Å²) in [5, 5.41) is 9.56. The molecule has 102 valence electrons. The topological polar surface area (TPSA) is 40.5 Å². The van der Waals surface area contributed by atoms with Gasteiger partial charge >= 0.3 is 5.97 Å². The molecule has 0 aromatic heterocycles. The standard InChI is InChI=1S/C15H18FNO2/c1-17-12-8-3-2-5-9(12)13(15(18)19)10-6-4-7-11(16)14(10)17/h4,6-7,9,12-13H,2-3,5,8H2,1H3,(H,18,19). The van der Waals surface area contributed by atoms with Gasteiger partial charge in [0.25, 0.3) is 0 Å². The minimum absolute atomic E-state index is 0.102. The van der Waals surface area contributed by atoms with Crippen LogP contribution < -0.4 is 4.90 Å². The molecule has 3 nitrogen and oxygen atoms in total. The van der Waals surface area contributed by atoms with Crippen molar-refractivity contribution in [3.8, 4) is 0 Å². The molecule has 3 rings (SSSR count). The SMILES string of the molecule is CN1c2c(F)cccc2C(C(=O)O)C2CCCCC21. The van der Waals surface area contributed by atoms with Crippen LogP contribution in [0.3, 0.4) is 0 Å². The Morgan fingerprint density at radius 3 is 2.84 bits per heavy atom. The van der Waals surface area contributed by atoms with Crippen molar-refractivity contribution in [3.05, 3.63) is 29.6 Å². The van der Waals surface area contributed by atoms with Crippen molar-refractivity contribution >= 4 is 11.7 Å². The molecule has 0 amide bonds. The van der Waals surface area contributed by atoms with Crippen LogP contribution in [0.2, 0.25) is 0 Å². The van der Waals surface area contributed by atoms with Gasteiger partial charge in [0.05, 0.1) is 11.6 Å². The lowest BCUT2D eigenvalue weighted by Gasteiger charge is -2.47. The van der Waals surface area contributed by atoms with Gasteiger partial charge in [0.1, 0.15) is 5.82 Å². The fourth-order valence-electron chi connectivity index (χ4n) is 3.88. The summed E-state index contributed by atoms with van der Waals surface area (Å²) in [6, 6.07) is 4.94. The number of halogens is 1. The molecule has 1 aromatic rings. The largest absolute Gasteiger partial charge is 0.481 e. The summed E-state index contributed by atoms with van der Waals surface area (Å²) in [7, 11) is 1.89. The van der Waals surface area contributed by atoms with Crippen molar-refractivity contribution in [1.82, 2.24) is 0 Å². The lowest BCUT2D eigenvalue weighted by atomic mass is 9.70. The van der Waals surface area contributed by atoms with E-state index in [4.69, 9.17) is 0 Å². The number of nitrogens with zero attached hydrogens (tertiary/aromatic N) is 1. The van der Waals surface area contributed by atoms with E-state index in [1.165, 1.54) is 6.07 Å². The lowest BCUT2D eigenvalue weighted by molar-refractivity contribution is -0.141. The molecular formula is C15H18FNO2. The Morgan fingerprint density at radius 1 is 1.37 bits per heavy atom. The third-order valence-electron chi connectivity index (χ3n) is 4.68. The van der Waals surface area contributed by atoms with Crippen LogP contribution in [0.5, 0.6) is 0 Å². The first kappa shape index (κ1) is 12.5. The van der Waals surface area contributed by atoms with Crippen LogP contribution in [0.4, 0.5) is 10.1 Å². The molecule has 3 atom stereocenters. The number of carbonyl (C=O) groups is 1. The van der Waals surface area contributed by atoms with E-state index in [-0.39, 0.29) is 17.8 Å². The number of aliphatic carboxylic acids is 1. The molecule has 1 aromatic carbocycles. The zero-order valence-electron chi connectivity index (χ0n) is 11.0. The molecule has 3 unspecified atom stereocenters. The summed E-state index contributed by atoms with van der Waals surface area (Å²) < 4.78 is 14.1. The highest BCUT2D eigenvalue weighted by Crippen LogP contribution is 2.47. The smallest absolute Gasteiger partial charge is 0.311 e. The summed E-state index contributed by atoms with van der Waals surface area (Å²) in [5.74, 6) is -1.59. The Kier molecular flexibility index (Phi) is 2.96. The van der Waals surface area contributed by atoms with Gasteiger partial charge in [-0.1, -0.05) is 25.0 Å². The maximum Gasteiger partial charge on any atom is 0.311 e. The molecule has 4 heteroatoms. The summed E-state index contributed by atoms with van der Waals surface area (Å²) in [5.41, 5.74) is 1.12. The van der Waals surface area contributed by atoms with Crippen LogP contribution in [-0.4, -0.2) is 24.2 Å². The van der Waals surface area contributed by atoms with Crippen molar-refractivity contribution in [1.29, 1.82) is 0 Å². The second-order valence-electron chi connectivity index (χ2n) is 5.62. The predicted octanol–water partition coefficient (Wildman–Crippen LogP) is 3.00. The summed E-state index contributed by atoms with van der Waals surface area (Å²) in [6.07, 6.45) is 4.05. The fourth-order valence-corrected chi connectivity index (χ4v) is 3.88. The van der Waals surface area contributed by atoms with E-state index in [0.717, 1.165) is 25.7 Å². The Balaban J connectivity index is 2.16. The normalized spacial score (nSPS) is 29.6. The first-order valence-electron chi connectivity index (χ1n) is 6.85. The van der Waals surface area contributed by atoms with Crippen LogP contribution in [0, 0.1) is 11.7 Å². The van der Waals surface area contributed by atoms with Gasteiger partial charge in [-0.3, -0.25) is 4.79 Å². The number of para-hydroxylation sites is 1. The molecule has 2 aliphatic rings. The number of carboxylic acids is 1. The van der Waals surface area contributed by atoms with Crippen LogP contribution in [0.1, 0.15) is 37.2 Å². The van der Waals surface area contributed by atoms with E-state index in [2.05, 4.69) is 0 Å². The maximum absolute atomic E-state index is 14.1. The highest BCUT2D eigenvalue weighted by atomic mass is 19.1. The maximum atomic E-state index is 14.1. The average Bonchev–Trinajstić information content (AvgIpc) is 2.38. The molecule has 0 radical (unpaired) electrons. The van der Waals surface area contributed by atoms with Crippen molar-refractivity contribution in [2.75, 3.05) is 11.9 Å². The summed E-state index contributed by atoms with van der Waals surface area (Å²) >= 11 is 0. The Bertz CT molecular complexity index is 517. The highest BCUT2D eigenvalue weighted by Gasteiger charge is 2.45. The van der Waals surface area contributed by atoms with Crippen LogP contribution in [0.25, 0.3) is 0 Å². The van der Waals surface area contributed by atoms with Crippen LogP contribution in [0.15, 0.2) is 18.2 Å². The van der Waals surface area contributed by atoms with E-state index < -0.39 is 11.9 Å². The Hall–Kier alpha value is -1.58. The second-order valence-corrected chi connectivity index (χ2v) is 5.62. The molecule has 1 saturated carbocycles. The van der Waals surface area contributed by atoms with E-state index in [1.54, 1.807) is 12.1 Å². The number of benzene rings is 1. The molecule has 1 aliphatic heterocycles. The van der Waals surface area contributed by atoms with Gasteiger partial charge in [-0.2, -0.15) is 0 Å². The van der Waals surface area contributed by atoms with Gasteiger partial charge in [0.2, 0.25) is 0 Å². The number of anilines is 1. The minimum atomic E-state index is -0.822. The Labute approximate surface area is 112 Å². The van der Waals surface area contributed by atoms with E-state index in [0.29, 0.717) is 11.3 Å². The number of carboxylic acid groups (broad SMARTS) is 1. The quantitative estimate of drug-likeness (QED) is 0.846. The number of fused-ring (bicyclic) bond motifs is 2. The second kappa shape index (κ2) is 4.51. The van der Waals surface area contributed by atoms with E-state index in [9.17, 15) is 14.3 Å². The number of hydrogen-bond acceptors (Lipinski definition) is 2. The third-order valence-corrected chi connectivity index (χ3v) is 4.68. The van der Waals surface area contributed by atoms with Crippen molar-refractivity contribution in [2.45, 2.75) is 37.6 Å². The van der Waals surface area contributed by atoms with Gasteiger partial charge in [0.15, 0.2) is 0 Å². The predicted molar refractivity (Wildman–Crippen MR) is 70.9 cm³/mol. The molecular weight excluding hydrogens is 245 g/mol. The zero-order valence-corrected chi connectivity index (χ0v) is 11.0. The molecule has 0 spiro atoms.